The minimum atomic E-state index is -0.424. The van der Waals surface area contributed by atoms with Gasteiger partial charge in [-0.25, -0.2) is 9.48 Å². The van der Waals surface area contributed by atoms with Gasteiger partial charge in [0, 0.05) is 30.3 Å². The van der Waals surface area contributed by atoms with E-state index in [1.165, 1.54) is 6.20 Å². The van der Waals surface area contributed by atoms with E-state index in [0.29, 0.717) is 11.3 Å². The molecule has 2 aromatic carbocycles. The van der Waals surface area contributed by atoms with Crippen LogP contribution in [0.4, 0.5) is 11.5 Å². The summed E-state index contributed by atoms with van der Waals surface area (Å²) in [7, 11) is 0. The number of hydrogen-bond acceptors (Lipinski definition) is 5. The lowest BCUT2D eigenvalue weighted by atomic mass is 10.1. The minimum Gasteiger partial charge on any atom is -0.422 e. The van der Waals surface area contributed by atoms with Gasteiger partial charge in [-0.2, -0.15) is 5.10 Å². The van der Waals surface area contributed by atoms with E-state index in [2.05, 4.69) is 15.4 Å². The maximum atomic E-state index is 12.3. The van der Waals surface area contributed by atoms with E-state index in [-0.39, 0.29) is 0 Å². The van der Waals surface area contributed by atoms with Crippen LogP contribution in [0.15, 0.2) is 79.3 Å². The summed E-state index contributed by atoms with van der Waals surface area (Å²) in [5.74, 6) is 0.860. The summed E-state index contributed by atoms with van der Waals surface area (Å²) in [5, 5.41) is 7.86. The summed E-state index contributed by atoms with van der Waals surface area (Å²) in [6.45, 7) is 3.82. The molecule has 0 saturated heterocycles. The van der Waals surface area contributed by atoms with Crippen LogP contribution in [0.2, 0.25) is 0 Å². The normalized spacial score (nSPS) is 10.6. The van der Waals surface area contributed by atoms with Crippen molar-refractivity contribution in [2.75, 3.05) is 5.32 Å². The molecule has 0 saturated carbocycles. The van der Waals surface area contributed by atoms with Crippen molar-refractivity contribution in [1.29, 1.82) is 0 Å². The predicted octanol–water partition coefficient (Wildman–Crippen LogP) is 4.85. The summed E-state index contributed by atoms with van der Waals surface area (Å²) in [4.78, 5) is 16.3. The molecule has 0 spiro atoms. The van der Waals surface area contributed by atoms with Crippen LogP contribution in [0, 0.1) is 13.8 Å². The Balaban J connectivity index is 1.52. The molecular formula is C23H20N4O2. The monoisotopic (exact) mass is 384 g/mol. The number of carbonyl (C=O) groups excluding carboxylic acids is 1. The highest BCUT2D eigenvalue weighted by molar-refractivity contribution is 5.91. The summed E-state index contributed by atoms with van der Waals surface area (Å²) < 4.78 is 7.41. The fraction of sp³-hybridized carbons (Fsp3) is 0.0870. The van der Waals surface area contributed by atoms with Crippen molar-refractivity contribution < 1.29 is 9.53 Å². The number of anilines is 2. The molecule has 0 unspecified atom stereocenters. The molecule has 1 N–H and O–H groups in total. The Hall–Kier alpha value is -3.93. The summed E-state index contributed by atoms with van der Waals surface area (Å²) >= 11 is 0. The minimum absolute atomic E-state index is 0.417. The number of aromatic nitrogens is 3. The highest BCUT2D eigenvalue weighted by Crippen LogP contribution is 2.29. The molecule has 29 heavy (non-hydrogen) atoms. The van der Waals surface area contributed by atoms with Gasteiger partial charge in [0.25, 0.3) is 0 Å². The van der Waals surface area contributed by atoms with Crippen LogP contribution < -0.4 is 10.1 Å². The van der Waals surface area contributed by atoms with Crippen molar-refractivity contribution in [3.63, 3.8) is 0 Å². The Morgan fingerprint density at radius 2 is 1.76 bits per heavy atom. The number of para-hydroxylation sites is 1. The number of ether oxygens (including phenoxy) is 1. The first kappa shape index (κ1) is 18.4. The molecule has 0 fully saturated rings. The first-order chi connectivity index (χ1) is 14.1. The molecular weight excluding hydrogens is 364 g/mol. The largest absolute Gasteiger partial charge is 0.422 e. The molecule has 0 radical (unpaired) electrons. The van der Waals surface area contributed by atoms with Gasteiger partial charge in [-0.05, 0) is 61.4 Å². The Bertz CT molecular complexity index is 1120. The summed E-state index contributed by atoms with van der Waals surface area (Å²) in [6.07, 6.45) is 5.01. The number of rotatable bonds is 5. The fourth-order valence-electron chi connectivity index (χ4n) is 3.08. The molecule has 0 aliphatic heterocycles. The second kappa shape index (κ2) is 7.98. The van der Waals surface area contributed by atoms with Gasteiger partial charge in [0.2, 0.25) is 0 Å². The topological polar surface area (TPSA) is 69.0 Å². The first-order valence-electron chi connectivity index (χ1n) is 9.22. The van der Waals surface area contributed by atoms with Crippen molar-refractivity contribution in [1.82, 2.24) is 14.8 Å². The van der Waals surface area contributed by atoms with Crippen molar-refractivity contribution >= 4 is 17.5 Å². The zero-order chi connectivity index (χ0) is 20.2. The first-order valence-corrected chi connectivity index (χ1v) is 9.22. The Morgan fingerprint density at radius 1 is 1.00 bits per heavy atom. The van der Waals surface area contributed by atoms with Crippen LogP contribution in [0.5, 0.6) is 5.75 Å². The van der Waals surface area contributed by atoms with Gasteiger partial charge in [0.05, 0.1) is 11.3 Å². The lowest BCUT2D eigenvalue weighted by molar-refractivity contribution is 0.0732. The van der Waals surface area contributed by atoms with Crippen molar-refractivity contribution in [2.24, 2.45) is 0 Å². The number of esters is 1. The van der Waals surface area contributed by atoms with E-state index in [0.717, 1.165) is 28.3 Å². The molecule has 0 atom stereocenters. The van der Waals surface area contributed by atoms with Gasteiger partial charge in [-0.3, -0.25) is 4.98 Å². The average molecular weight is 384 g/mol. The third-order valence-electron chi connectivity index (χ3n) is 4.43. The van der Waals surface area contributed by atoms with Gasteiger partial charge in [0.1, 0.15) is 5.75 Å². The Morgan fingerprint density at radius 3 is 2.45 bits per heavy atom. The number of carbonyl (C=O) groups is 1. The van der Waals surface area contributed by atoms with Crippen LogP contribution in [-0.4, -0.2) is 20.7 Å². The molecule has 2 heterocycles. The lowest BCUT2D eigenvalue weighted by Gasteiger charge is -2.13. The zero-order valence-electron chi connectivity index (χ0n) is 16.2. The molecule has 0 bridgehead atoms. The maximum absolute atomic E-state index is 12.3. The Kier molecular flexibility index (Phi) is 5.07. The van der Waals surface area contributed by atoms with E-state index in [1.807, 2.05) is 73.3 Å². The average Bonchev–Trinajstić information content (AvgIpc) is 3.20. The quantitative estimate of drug-likeness (QED) is 0.394. The summed E-state index contributed by atoms with van der Waals surface area (Å²) in [5.41, 5.74) is 3.99. The zero-order valence-corrected chi connectivity index (χ0v) is 16.2. The molecule has 0 aliphatic rings. The highest BCUT2D eigenvalue weighted by Gasteiger charge is 2.14. The predicted molar refractivity (Wildman–Crippen MR) is 112 cm³/mol. The molecule has 6 nitrogen and oxygen atoms in total. The van der Waals surface area contributed by atoms with E-state index in [1.54, 1.807) is 18.3 Å². The van der Waals surface area contributed by atoms with Gasteiger partial charge in [0.15, 0.2) is 5.82 Å². The molecule has 2 aromatic heterocycles. The van der Waals surface area contributed by atoms with Crippen LogP contribution >= 0.6 is 0 Å². The molecule has 6 heteroatoms. The number of pyridine rings is 1. The number of nitrogens with zero attached hydrogens (tertiary/aromatic N) is 3. The van der Waals surface area contributed by atoms with Crippen molar-refractivity contribution in [3.05, 3.63) is 95.9 Å². The molecule has 0 aliphatic carbocycles. The molecule has 144 valence electrons. The van der Waals surface area contributed by atoms with E-state index >= 15 is 0 Å². The Labute approximate surface area is 168 Å². The third-order valence-corrected chi connectivity index (χ3v) is 4.43. The smallest absolute Gasteiger partial charge is 0.345 e. The van der Waals surface area contributed by atoms with Crippen LogP contribution in [-0.2, 0) is 0 Å². The van der Waals surface area contributed by atoms with Crippen molar-refractivity contribution in [3.8, 4) is 11.4 Å². The maximum Gasteiger partial charge on any atom is 0.345 e. The fourth-order valence-corrected chi connectivity index (χ4v) is 3.08. The highest BCUT2D eigenvalue weighted by atomic mass is 16.5. The van der Waals surface area contributed by atoms with E-state index in [9.17, 15) is 4.79 Å². The number of nitrogens with one attached hydrogen (secondary N) is 1. The van der Waals surface area contributed by atoms with Gasteiger partial charge in [-0.15, -0.1) is 0 Å². The molecule has 4 aromatic rings. The van der Waals surface area contributed by atoms with Gasteiger partial charge in [-0.1, -0.05) is 18.2 Å². The van der Waals surface area contributed by atoms with E-state index in [4.69, 9.17) is 4.74 Å². The van der Waals surface area contributed by atoms with Crippen molar-refractivity contribution in [2.45, 2.75) is 13.8 Å². The lowest BCUT2D eigenvalue weighted by Crippen LogP contribution is -2.10. The van der Waals surface area contributed by atoms with Gasteiger partial charge < -0.3 is 10.1 Å². The van der Waals surface area contributed by atoms with Gasteiger partial charge >= 0.3 is 5.97 Å². The SMILES string of the molecule is Cc1cc(Nc2ccn(-c3ccccc3)n2)cc(C)c1OC(=O)c1cccnc1. The van der Waals surface area contributed by atoms with Crippen LogP contribution in [0.1, 0.15) is 21.5 Å². The van der Waals surface area contributed by atoms with Crippen LogP contribution in [0.25, 0.3) is 5.69 Å². The third kappa shape index (κ3) is 4.16. The van der Waals surface area contributed by atoms with E-state index < -0.39 is 5.97 Å². The van der Waals surface area contributed by atoms with Crippen LogP contribution in [0.3, 0.4) is 0 Å². The summed E-state index contributed by atoms with van der Waals surface area (Å²) in [6, 6.07) is 19.1. The number of hydrogen-bond donors (Lipinski definition) is 1. The number of benzene rings is 2. The molecule has 0 amide bonds. The second-order valence-electron chi connectivity index (χ2n) is 6.68. The standard InChI is InChI=1S/C23H20N4O2/c1-16-13-19(25-21-10-12-27(26-21)20-8-4-3-5-9-20)14-17(2)22(16)29-23(28)18-7-6-11-24-15-18/h3-15H,1-2H3,(H,25,26). The second-order valence-corrected chi connectivity index (χ2v) is 6.68. The number of aryl methyl sites for hydroxylation is 2. The molecule has 4 rings (SSSR count).